The van der Waals surface area contributed by atoms with Crippen molar-refractivity contribution in [3.05, 3.63) is 143 Å². The third-order valence-electron chi connectivity index (χ3n) is 9.91. The van der Waals surface area contributed by atoms with Crippen LogP contribution >= 0.6 is 0 Å². The smallest absolute Gasteiger partial charge is 0.152 e. The summed E-state index contributed by atoms with van der Waals surface area (Å²) in [5.41, 5.74) is 12.9. The molecule has 0 unspecified atom stereocenters. The van der Waals surface area contributed by atoms with Gasteiger partial charge < -0.3 is 20.1 Å². The molecule has 0 atom stereocenters. The number of nitrogens with one attached hydrogen (secondary N) is 3. The third kappa shape index (κ3) is 6.03. The number of aryl methyl sites for hydroxylation is 2. The quantitative estimate of drug-likeness (QED) is 0.151. The predicted molar refractivity (Wildman–Crippen MR) is 207 cm³/mol. The maximum absolute atomic E-state index is 6.30. The molecule has 8 aromatic rings. The van der Waals surface area contributed by atoms with Crippen molar-refractivity contribution >= 4 is 23.0 Å². The largest absolute Gasteiger partial charge is 0.487 e. The third-order valence-corrected chi connectivity index (χ3v) is 9.91. The first kappa shape index (κ1) is 31.6. The van der Waals surface area contributed by atoms with Crippen LogP contribution in [0.5, 0.6) is 11.5 Å². The van der Waals surface area contributed by atoms with Gasteiger partial charge in [0.25, 0.3) is 0 Å². The van der Waals surface area contributed by atoms with Crippen LogP contribution in [0.4, 0.5) is 23.0 Å². The Kier molecular flexibility index (Phi) is 7.53. The van der Waals surface area contributed by atoms with Crippen molar-refractivity contribution in [1.82, 2.24) is 39.5 Å². The average Bonchev–Trinajstić information content (AvgIpc) is 3.95. The molecule has 2 aliphatic heterocycles. The lowest BCUT2D eigenvalue weighted by atomic mass is 10.1. The Bertz CT molecular complexity index is 2670. The van der Waals surface area contributed by atoms with Gasteiger partial charge in [-0.1, -0.05) is 60.7 Å². The monoisotopic (exact) mass is 712 g/mol. The van der Waals surface area contributed by atoms with Crippen molar-refractivity contribution in [1.29, 1.82) is 0 Å². The van der Waals surface area contributed by atoms with E-state index in [1.54, 1.807) is 0 Å². The highest BCUT2D eigenvalue weighted by atomic mass is 16.5. The topological polar surface area (TPSA) is 125 Å². The predicted octanol–water partition coefficient (Wildman–Crippen LogP) is 8.21. The molecule has 2 aliphatic rings. The minimum absolute atomic E-state index is 0.424. The van der Waals surface area contributed by atoms with Crippen LogP contribution in [0.3, 0.4) is 0 Å². The van der Waals surface area contributed by atoms with E-state index < -0.39 is 0 Å². The zero-order valence-corrected chi connectivity index (χ0v) is 29.7. The Hall–Kier alpha value is -7.08. The molecule has 6 heterocycles. The van der Waals surface area contributed by atoms with Crippen molar-refractivity contribution in [2.24, 2.45) is 7.05 Å². The number of hydrogen-bond acceptors (Lipinski definition) is 8. The average molecular weight is 713 g/mol. The first-order valence-corrected chi connectivity index (χ1v) is 17.9. The molecule has 10 rings (SSSR count). The summed E-state index contributed by atoms with van der Waals surface area (Å²) in [7, 11) is 1.94. The molecular weight excluding hydrogens is 677 g/mol. The molecule has 266 valence electrons. The molecule has 0 saturated heterocycles. The Balaban J connectivity index is 0.839. The molecule has 0 spiro atoms. The van der Waals surface area contributed by atoms with Crippen molar-refractivity contribution < 1.29 is 9.47 Å². The molecular formula is C42H36N10O2. The van der Waals surface area contributed by atoms with Gasteiger partial charge >= 0.3 is 0 Å². The number of hydrogen-bond donors (Lipinski definition) is 3. The molecule has 0 radical (unpaired) electrons. The van der Waals surface area contributed by atoms with Gasteiger partial charge in [0, 0.05) is 76.2 Å². The summed E-state index contributed by atoms with van der Waals surface area (Å²) in [6.07, 6.45) is 0. The molecule has 12 heteroatoms. The summed E-state index contributed by atoms with van der Waals surface area (Å²) in [5.74, 6) is 3.32. The van der Waals surface area contributed by atoms with E-state index in [-0.39, 0.29) is 0 Å². The molecule has 0 saturated carbocycles. The summed E-state index contributed by atoms with van der Waals surface area (Å²) in [6, 6.07) is 39.2. The van der Waals surface area contributed by atoms with Gasteiger partial charge in [0.05, 0.1) is 41.6 Å². The Morgan fingerprint density at radius 3 is 1.81 bits per heavy atom. The summed E-state index contributed by atoms with van der Waals surface area (Å²) in [5, 5.41) is 28.9. The number of aromatic nitrogens is 8. The van der Waals surface area contributed by atoms with E-state index >= 15 is 0 Å². The second-order valence-electron chi connectivity index (χ2n) is 13.8. The van der Waals surface area contributed by atoms with Gasteiger partial charge in [0.1, 0.15) is 30.5 Å². The van der Waals surface area contributed by atoms with Gasteiger partial charge in [-0.2, -0.15) is 20.4 Å². The van der Waals surface area contributed by atoms with Crippen molar-refractivity contribution in [3.63, 3.8) is 0 Å². The molecule has 12 nitrogen and oxygen atoms in total. The van der Waals surface area contributed by atoms with Crippen LogP contribution in [0.2, 0.25) is 0 Å². The first-order chi connectivity index (χ1) is 26.5. The van der Waals surface area contributed by atoms with Crippen LogP contribution in [0.15, 0.2) is 115 Å². The van der Waals surface area contributed by atoms with Crippen LogP contribution in [0.1, 0.15) is 28.2 Å². The second kappa shape index (κ2) is 12.8. The van der Waals surface area contributed by atoms with Crippen LogP contribution in [0, 0.1) is 6.92 Å². The lowest BCUT2D eigenvalue weighted by molar-refractivity contribution is 0.302. The SMILES string of the molecule is Cc1cc(Nc2ccc3c(c2)OCc2cc(-c4cccc(-c5cc(Nc6ccc7c(c6)OCc6cc(-c8ccccc8)nn6C7)n(C)n5)c4)nn2C3)n[nH]1. The Labute approximate surface area is 311 Å². The fourth-order valence-electron chi connectivity index (χ4n) is 7.07. The summed E-state index contributed by atoms with van der Waals surface area (Å²) < 4.78 is 18.5. The van der Waals surface area contributed by atoms with E-state index in [1.807, 2.05) is 64.4 Å². The van der Waals surface area contributed by atoms with E-state index in [4.69, 9.17) is 24.8 Å². The first-order valence-electron chi connectivity index (χ1n) is 17.9. The highest BCUT2D eigenvalue weighted by Gasteiger charge is 2.20. The number of nitrogens with zero attached hydrogens (tertiary/aromatic N) is 7. The Morgan fingerprint density at radius 1 is 0.593 bits per heavy atom. The zero-order chi connectivity index (χ0) is 36.2. The maximum Gasteiger partial charge on any atom is 0.152 e. The lowest BCUT2D eigenvalue weighted by Crippen LogP contribution is -2.04. The highest BCUT2D eigenvalue weighted by molar-refractivity contribution is 5.73. The van der Waals surface area contributed by atoms with Gasteiger partial charge in [-0.3, -0.25) is 19.1 Å². The van der Waals surface area contributed by atoms with Crippen LogP contribution in [-0.4, -0.2) is 39.5 Å². The van der Waals surface area contributed by atoms with E-state index in [2.05, 4.69) is 99.7 Å². The van der Waals surface area contributed by atoms with Crippen LogP contribution in [-0.2, 0) is 33.4 Å². The fourth-order valence-corrected chi connectivity index (χ4v) is 7.07. The van der Waals surface area contributed by atoms with Gasteiger partial charge in [0.2, 0.25) is 0 Å². The van der Waals surface area contributed by atoms with Gasteiger partial charge in [-0.05, 0) is 37.3 Å². The molecule has 0 amide bonds. The highest BCUT2D eigenvalue weighted by Crippen LogP contribution is 2.34. The normalized spacial score (nSPS) is 13.0. The number of rotatable bonds is 7. The van der Waals surface area contributed by atoms with Gasteiger partial charge in [-0.25, -0.2) is 0 Å². The molecule has 54 heavy (non-hydrogen) atoms. The minimum Gasteiger partial charge on any atom is -0.487 e. The minimum atomic E-state index is 0.424. The Morgan fingerprint density at radius 2 is 1.19 bits per heavy atom. The van der Waals surface area contributed by atoms with E-state index in [9.17, 15) is 0 Å². The number of benzene rings is 4. The molecule has 4 aromatic carbocycles. The molecule has 0 aliphatic carbocycles. The zero-order valence-electron chi connectivity index (χ0n) is 29.7. The van der Waals surface area contributed by atoms with Gasteiger partial charge in [0.15, 0.2) is 5.82 Å². The van der Waals surface area contributed by atoms with Crippen molar-refractivity contribution in [3.8, 4) is 45.3 Å². The van der Waals surface area contributed by atoms with Gasteiger partial charge in [-0.15, -0.1) is 0 Å². The summed E-state index contributed by atoms with van der Waals surface area (Å²) >= 11 is 0. The molecule has 0 bridgehead atoms. The van der Waals surface area contributed by atoms with Crippen LogP contribution < -0.4 is 20.1 Å². The second-order valence-corrected chi connectivity index (χ2v) is 13.8. The standard InChI is InChI=1S/C42H36N10O2/c1-26-15-41(46-45-26)43-32-13-11-30-23-52-35(25-53-39(30)17-32)20-37(49-52)28-9-6-10-29(16-28)38-21-42(50(2)47-38)44-33-14-12-31-22-51-34(24-54-40(31)18-33)19-36(48-51)27-7-4-3-5-8-27/h3-21,44H,22-25H2,1-2H3,(H2,43,45,46). The molecule has 4 aromatic heterocycles. The van der Waals surface area contributed by atoms with Crippen LogP contribution in [0.25, 0.3) is 33.8 Å². The van der Waals surface area contributed by atoms with E-state index in [0.717, 1.165) is 96.5 Å². The lowest BCUT2D eigenvalue weighted by Gasteiger charge is -2.11. The number of aromatic amines is 1. The number of anilines is 4. The summed E-state index contributed by atoms with van der Waals surface area (Å²) in [4.78, 5) is 0. The number of fused-ring (bicyclic) bond motifs is 4. The van der Waals surface area contributed by atoms with Crippen molar-refractivity contribution in [2.45, 2.75) is 33.2 Å². The molecule has 0 fully saturated rings. The number of ether oxygens (including phenoxy) is 2. The van der Waals surface area contributed by atoms with E-state index in [1.165, 1.54) is 0 Å². The van der Waals surface area contributed by atoms with E-state index in [0.29, 0.717) is 26.3 Å². The van der Waals surface area contributed by atoms with Crippen molar-refractivity contribution in [2.75, 3.05) is 10.6 Å². The molecule has 3 N–H and O–H groups in total. The number of H-pyrrole nitrogens is 1. The maximum atomic E-state index is 6.30. The fraction of sp³-hybridized carbons (Fsp3) is 0.143. The summed E-state index contributed by atoms with van der Waals surface area (Å²) in [6.45, 7) is 4.12.